The maximum atomic E-state index is 10.9. The molecule has 0 fully saturated rings. The molecule has 0 aliphatic carbocycles. The van der Waals surface area contributed by atoms with Gasteiger partial charge in [0.1, 0.15) is 7.11 Å². The molecule has 0 bridgehead atoms. The van der Waals surface area contributed by atoms with Gasteiger partial charge < -0.3 is 14.7 Å². The third kappa shape index (κ3) is 5.44. The molecule has 0 spiro atoms. The molecule has 0 aromatic heterocycles. The number of carboxylic acid groups (broad SMARTS) is 1. The lowest BCUT2D eigenvalue weighted by atomic mass is 10.3. The summed E-state index contributed by atoms with van der Waals surface area (Å²) in [4.78, 5) is 15.3. The Bertz CT molecular complexity index is 242. The Balaban J connectivity index is 4.58. The Morgan fingerprint density at radius 3 is 2.73 bits per heavy atom. The Morgan fingerprint density at radius 1 is 1.67 bits per heavy atom. The van der Waals surface area contributed by atoms with Gasteiger partial charge in [0.05, 0.1) is 11.9 Å². The second-order valence-corrected chi connectivity index (χ2v) is 3.77. The number of aliphatic carboxylic acids is 1. The summed E-state index contributed by atoms with van der Waals surface area (Å²) in [6, 6.07) is 0. The van der Waals surface area contributed by atoms with E-state index in [1.165, 1.54) is 26.0 Å². The number of methoxy groups -OCH3 is 1. The standard InChI is InChI=1S/C9H15NO4S/c1-4-5-15-7(6-13-2)8(9(11)12)10-14-3/h4,7H,1,5-6H2,2-3H3,(H,11,12). The van der Waals surface area contributed by atoms with Crippen molar-refractivity contribution in [3.63, 3.8) is 0 Å². The van der Waals surface area contributed by atoms with Gasteiger partial charge in [-0.3, -0.25) is 0 Å². The Labute approximate surface area is 93.1 Å². The van der Waals surface area contributed by atoms with E-state index in [0.717, 1.165) is 0 Å². The summed E-state index contributed by atoms with van der Waals surface area (Å²) < 4.78 is 4.92. The zero-order chi connectivity index (χ0) is 11.7. The summed E-state index contributed by atoms with van der Waals surface area (Å²) in [6.45, 7) is 3.83. The predicted molar refractivity (Wildman–Crippen MR) is 60.4 cm³/mol. The maximum absolute atomic E-state index is 10.9. The van der Waals surface area contributed by atoms with Crippen molar-refractivity contribution in [1.82, 2.24) is 0 Å². The molecule has 0 aliphatic rings. The SMILES string of the molecule is C=CCSC(COC)C(=NOC)C(=O)O. The van der Waals surface area contributed by atoms with Crippen LogP contribution in [0.25, 0.3) is 0 Å². The zero-order valence-corrected chi connectivity index (χ0v) is 9.62. The van der Waals surface area contributed by atoms with Crippen molar-refractivity contribution in [3.05, 3.63) is 12.7 Å². The van der Waals surface area contributed by atoms with Crippen molar-refractivity contribution in [1.29, 1.82) is 0 Å². The van der Waals surface area contributed by atoms with Crippen LogP contribution in [0.4, 0.5) is 0 Å². The van der Waals surface area contributed by atoms with Crippen LogP contribution < -0.4 is 0 Å². The van der Waals surface area contributed by atoms with Crippen LogP contribution in [0.1, 0.15) is 0 Å². The fourth-order valence-corrected chi connectivity index (χ4v) is 1.78. The molecule has 1 atom stereocenters. The van der Waals surface area contributed by atoms with Gasteiger partial charge in [0.15, 0.2) is 5.71 Å². The molecule has 1 N–H and O–H groups in total. The number of thioether (sulfide) groups is 1. The fraction of sp³-hybridized carbons (Fsp3) is 0.556. The number of hydrogen-bond acceptors (Lipinski definition) is 5. The first-order valence-corrected chi connectivity index (χ1v) is 5.28. The molecule has 0 aromatic carbocycles. The minimum atomic E-state index is -1.10. The van der Waals surface area contributed by atoms with Crippen molar-refractivity contribution in [2.75, 3.05) is 26.6 Å². The summed E-state index contributed by atoms with van der Waals surface area (Å²) in [5.41, 5.74) is -0.0498. The lowest BCUT2D eigenvalue weighted by molar-refractivity contribution is -0.129. The third-order valence-electron chi connectivity index (χ3n) is 1.45. The quantitative estimate of drug-likeness (QED) is 0.385. The van der Waals surface area contributed by atoms with Gasteiger partial charge >= 0.3 is 5.97 Å². The van der Waals surface area contributed by atoms with Gasteiger partial charge in [0, 0.05) is 12.9 Å². The number of oxime groups is 1. The normalized spacial score (nSPS) is 13.3. The van der Waals surface area contributed by atoms with Gasteiger partial charge in [-0.1, -0.05) is 11.2 Å². The molecule has 6 heteroatoms. The molecule has 86 valence electrons. The number of hydrogen-bond donors (Lipinski definition) is 1. The molecule has 0 radical (unpaired) electrons. The van der Waals surface area contributed by atoms with E-state index in [9.17, 15) is 4.79 Å². The van der Waals surface area contributed by atoms with E-state index in [1.54, 1.807) is 6.08 Å². The molecule has 0 aromatic rings. The monoisotopic (exact) mass is 233 g/mol. The van der Waals surface area contributed by atoms with Crippen molar-refractivity contribution in [3.8, 4) is 0 Å². The average Bonchev–Trinajstić information content (AvgIpc) is 2.21. The van der Waals surface area contributed by atoms with Crippen molar-refractivity contribution < 1.29 is 19.5 Å². The molecule has 5 nitrogen and oxygen atoms in total. The number of ether oxygens (including phenoxy) is 1. The molecule has 0 aliphatic heterocycles. The molecule has 1 unspecified atom stereocenters. The van der Waals surface area contributed by atoms with Crippen molar-refractivity contribution in [2.24, 2.45) is 5.16 Å². The second-order valence-electron chi connectivity index (χ2n) is 2.53. The van der Waals surface area contributed by atoms with E-state index < -0.39 is 5.97 Å². The first kappa shape index (κ1) is 14.0. The van der Waals surface area contributed by atoms with Crippen LogP contribution in [-0.4, -0.2) is 48.6 Å². The summed E-state index contributed by atoms with van der Waals surface area (Å²) in [6.07, 6.45) is 1.69. The lowest BCUT2D eigenvalue weighted by Crippen LogP contribution is -2.30. The summed E-state index contributed by atoms with van der Waals surface area (Å²) in [5, 5.41) is 12.0. The van der Waals surface area contributed by atoms with Crippen molar-refractivity contribution >= 4 is 23.4 Å². The van der Waals surface area contributed by atoms with E-state index in [0.29, 0.717) is 5.75 Å². The molecule has 0 saturated carbocycles. The molecule has 0 amide bonds. The number of nitrogens with zero attached hydrogens (tertiary/aromatic N) is 1. The fourth-order valence-electron chi connectivity index (χ4n) is 0.875. The molecule has 0 saturated heterocycles. The van der Waals surface area contributed by atoms with Gasteiger partial charge in [-0.25, -0.2) is 4.79 Å². The van der Waals surface area contributed by atoms with Crippen LogP contribution in [0.15, 0.2) is 17.8 Å². The van der Waals surface area contributed by atoms with Gasteiger partial charge in [-0.2, -0.15) is 0 Å². The molecular formula is C9H15NO4S. The first-order valence-electron chi connectivity index (χ1n) is 4.23. The van der Waals surface area contributed by atoms with Crippen LogP contribution in [-0.2, 0) is 14.4 Å². The highest BCUT2D eigenvalue weighted by molar-refractivity contribution is 8.00. The topological polar surface area (TPSA) is 68.1 Å². The third-order valence-corrected chi connectivity index (χ3v) is 2.64. The Morgan fingerprint density at radius 2 is 2.33 bits per heavy atom. The zero-order valence-electron chi connectivity index (χ0n) is 8.80. The van der Waals surface area contributed by atoms with Crippen LogP contribution in [0.5, 0.6) is 0 Å². The van der Waals surface area contributed by atoms with Crippen LogP contribution in [0.3, 0.4) is 0 Å². The molecule has 0 heterocycles. The van der Waals surface area contributed by atoms with E-state index in [4.69, 9.17) is 9.84 Å². The minimum absolute atomic E-state index is 0.0498. The average molecular weight is 233 g/mol. The first-order chi connectivity index (χ1) is 7.17. The largest absolute Gasteiger partial charge is 0.477 e. The number of carboxylic acids is 1. The van der Waals surface area contributed by atoms with E-state index in [-0.39, 0.29) is 17.6 Å². The molecule has 0 rings (SSSR count). The van der Waals surface area contributed by atoms with Gasteiger partial charge in [0.2, 0.25) is 0 Å². The second kappa shape index (κ2) is 8.31. The molecule has 15 heavy (non-hydrogen) atoms. The van der Waals surface area contributed by atoms with Gasteiger partial charge in [-0.05, 0) is 0 Å². The molecular weight excluding hydrogens is 218 g/mol. The smallest absolute Gasteiger partial charge is 0.354 e. The van der Waals surface area contributed by atoms with Crippen LogP contribution >= 0.6 is 11.8 Å². The summed E-state index contributed by atoms with van der Waals surface area (Å²) >= 11 is 1.39. The number of rotatable bonds is 8. The van der Waals surface area contributed by atoms with Crippen molar-refractivity contribution in [2.45, 2.75) is 5.25 Å². The van der Waals surface area contributed by atoms with Gasteiger partial charge in [0.25, 0.3) is 0 Å². The summed E-state index contributed by atoms with van der Waals surface area (Å²) in [7, 11) is 2.82. The van der Waals surface area contributed by atoms with E-state index >= 15 is 0 Å². The highest BCUT2D eigenvalue weighted by Gasteiger charge is 2.23. The minimum Gasteiger partial charge on any atom is -0.477 e. The number of carbonyl (C=O) groups is 1. The summed E-state index contributed by atoms with van der Waals surface area (Å²) in [5.74, 6) is -0.472. The highest BCUT2D eigenvalue weighted by Crippen LogP contribution is 2.14. The predicted octanol–water partition coefficient (Wildman–Crippen LogP) is 1.01. The Hall–Kier alpha value is -1.01. The Kier molecular flexibility index (Phi) is 7.75. The maximum Gasteiger partial charge on any atom is 0.354 e. The van der Waals surface area contributed by atoms with Crippen LogP contribution in [0, 0.1) is 0 Å². The lowest BCUT2D eigenvalue weighted by Gasteiger charge is -2.13. The van der Waals surface area contributed by atoms with E-state index in [2.05, 4.69) is 16.6 Å². The van der Waals surface area contributed by atoms with Crippen LogP contribution in [0.2, 0.25) is 0 Å². The highest BCUT2D eigenvalue weighted by atomic mass is 32.2. The van der Waals surface area contributed by atoms with E-state index in [1.807, 2.05) is 0 Å². The van der Waals surface area contributed by atoms with Gasteiger partial charge in [-0.15, -0.1) is 18.3 Å².